The molecule has 0 spiro atoms. The summed E-state index contributed by atoms with van der Waals surface area (Å²) in [6.07, 6.45) is 14.5. The Kier molecular flexibility index (Phi) is 4.20. The van der Waals surface area contributed by atoms with E-state index in [9.17, 15) is 4.79 Å². The smallest absolute Gasteiger partial charge is 0.225 e. The fourth-order valence-corrected chi connectivity index (χ4v) is 8.12. The van der Waals surface area contributed by atoms with Crippen molar-refractivity contribution in [1.29, 1.82) is 0 Å². The molecule has 1 amide bonds. The summed E-state index contributed by atoms with van der Waals surface area (Å²) in [5.74, 6) is 1.79. The molecule has 1 aromatic rings. The molecule has 4 bridgehead atoms. The Morgan fingerprint density at radius 1 is 1.35 bits per heavy atom. The van der Waals surface area contributed by atoms with Gasteiger partial charge in [-0.15, -0.1) is 0 Å². The van der Waals surface area contributed by atoms with E-state index in [1.807, 2.05) is 10.9 Å². The lowest BCUT2D eigenvalue weighted by Crippen LogP contribution is -2.53. The van der Waals surface area contributed by atoms with E-state index in [1.165, 1.54) is 38.5 Å². The summed E-state index contributed by atoms with van der Waals surface area (Å²) >= 11 is 4.04. The van der Waals surface area contributed by atoms with Crippen LogP contribution < -0.4 is 5.32 Å². The van der Waals surface area contributed by atoms with E-state index in [0.29, 0.717) is 10.7 Å². The molecule has 5 aliphatic rings. The van der Waals surface area contributed by atoms with E-state index in [-0.39, 0.29) is 17.4 Å². The van der Waals surface area contributed by atoms with E-state index in [0.717, 1.165) is 43.5 Å². The van der Waals surface area contributed by atoms with Crippen LogP contribution in [0, 0.1) is 17.3 Å². The van der Waals surface area contributed by atoms with Gasteiger partial charge in [0.2, 0.25) is 5.91 Å². The molecule has 5 nitrogen and oxygen atoms in total. The fraction of sp³-hybridized carbons (Fsp3) is 0.800. The first-order valence-electron chi connectivity index (χ1n) is 10.1. The number of ether oxygens (including phenoxy) is 1. The van der Waals surface area contributed by atoms with Crippen LogP contribution in [0.15, 0.2) is 12.4 Å². The van der Waals surface area contributed by atoms with Gasteiger partial charge >= 0.3 is 0 Å². The number of hydrogen-bond acceptors (Lipinski definition) is 3. The van der Waals surface area contributed by atoms with Crippen LogP contribution >= 0.6 is 15.9 Å². The van der Waals surface area contributed by atoms with Gasteiger partial charge in [0.1, 0.15) is 0 Å². The molecule has 0 radical (unpaired) electrons. The first kappa shape index (κ1) is 17.2. The van der Waals surface area contributed by atoms with Gasteiger partial charge in [-0.25, -0.2) is 0 Å². The number of nitrogens with zero attached hydrogens (tertiary/aromatic N) is 2. The van der Waals surface area contributed by atoms with E-state index < -0.39 is 0 Å². The van der Waals surface area contributed by atoms with Gasteiger partial charge in [-0.1, -0.05) is 15.9 Å². The number of amides is 1. The van der Waals surface area contributed by atoms with E-state index in [2.05, 4.69) is 26.3 Å². The summed E-state index contributed by atoms with van der Waals surface area (Å²) in [5, 5.41) is 7.48. The van der Waals surface area contributed by atoms with E-state index >= 15 is 0 Å². The van der Waals surface area contributed by atoms with Gasteiger partial charge < -0.3 is 10.1 Å². The minimum atomic E-state index is 0.153. The van der Waals surface area contributed by atoms with Crippen LogP contribution in [0.1, 0.15) is 57.8 Å². The maximum Gasteiger partial charge on any atom is 0.225 e. The molecule has 1 N–H and O–H groups in total. The third kappa shape index (κ3) is 3.35. The molecule has 3 unspecified atom stereocenters. The van der Waals surface area contributed by atoms with Gasteiger partial charge in [0.25, 0.3) is 0 Å². The summed E-state index contributed by atoms with van der Waals surface area (Å²) in [7, 11) is 0. The third-order valence-electron chi connectivity index (χ3n) is 6.98. The van der Waals surface area contributed by atoms with Crippen molar-refractivity contribution in [2.75, 3.05) is 11.9 Å². The number of anilines is 1. The number of hydrogen-bond donors (Lipinski definition) is 1. The summed E-state index contributed by atoms with van der Waals surface area (Å²) in [5.41, 5.74) is 1.03. The van der Waals surface area contributed by atoms with Crippen molar-refractivity contribution < 1.29 is 9.53 Å². The average molecular weight is 422 g/mol. The van der Waals surface area contributed by atoms with Gasteiger partial charge in [0, 0.05) is 23.5 Å². The lowest BCUT2D eigenvalue weighted by Gasteiger charge is -2.60. The highest BCUT2D eigenvalue weighted by Crippen LogP contribution is 2.65. The zero-order valence-electron chi connectivity index (χ0n) is 15.3. The predicted octanol–water partition coefficient (Wildman–Crippen LogP) is 4.12. The lowest BCUT2D eigenvalue weighted by molar-refractivity contribution is -0.123. The molecule has 142 valence electrons. The van der Waals surface area contributed by atoms with E-state index in [4.69, 9.17) is 4.74 Å². The Balaban J connectivity index is 1.21. The van der Waals surface area contributed by atoms with Gasteiger partial charge in [0.05, 0.1) is 24.5 Å². The maximum absolute atomic E-state index is 12.8. The van der Waals surface area contributed by atoms with Crippen molar-refractivity contribution in [2.45, 2.75) is 74.8 Å². The second-order valence-electron chi connectivity index (χ2n) is 9.42. The van der Waals surface area contributed by atoms with Crippen LogP contribution in [0.3, 0.4) is 0 Å². The van der Waals surface area contributed by atoms with Crippen molar-refractivity contribution in [3.05, 3.63) is 12.4 Å². The maximum atomic E-state index is 12.8. The van der Waals surface area contributed by atoms with Crippen molar-refractivity contribution in [1.82, 2.24) is 9.78 Å². The number of aromatic nitrogens is 2. The van der Waals surface area contributed by atoms with Crippen molar-refractivity contribution in [2.24, 2.45) is 17.3 Å². The van der Waals surface area contributed by atoms with Crippen LogP contribution in [-0.2, 0) is 16.1 Å². The minimum absolute atomic E-state index is 0.153. The number of rotatable bonds is 5. The highest BCUT2D eigenvalue weighted by Gasteiger charge is 2.57. The zero-order valence-corrected chi connectivity index (χ0v) is 16.8. The number of alkyl halides is 1. The van der Waals surface area contributed by atoms with Gasteiger partial charge in [-0.2, -0.15) is 5.10 Å². The first-order chi connectivity index (χ1) is 12.5. The minimum Gasteiger partial charge on any atom is -0.376 e. The summed E-state index contributed by atoms with van der Waals surface area (Å²) in [6.45, 7) is 1.63. The molecule has 6 rings (SSSR count). The Morgan fingerprint density at radius 3 is 2.85 bits per heavy atom. The Morgan fingerprint density at radius 2 is 2.15 bits per heavy atom. The Bertz CT molecular complexity index is 683. The number of nitrogens with one attached hydrogen (secondary N) is 1. The molecule has 6 heteroatoms. The molecule has 1 aliphatic heterocycles. The van der Waals surface area contributed by atoms with Crippen LogP contribution in [0.4, 0.5) is 5.69 Å². The largest absolute Gasteiger partial charge is 0.376 e. The molecule has 1 aromatic heterocycles. The summed E-state index contributed by atoms with van der Waals surface area (Å²) in [6, 6.07) is 0. The quantitative estimate of drug-likeness (QED) is 0.727. The number of carbonyl (C=O) groups excluding carboxylic acids is 1. The highest BCUT2D eigenvalue weighted by molar-refractivity contribution is 9.10. The number of halogens is 1. The summed E-state index contributed by atoms with van der Waals surface area (Å²) in [4.78, 5) is 12.8. The molecule has 0 aromatic carbocycles. The second kappa shape index (κ2) is 6.33. The van der Waals surface area contributed by atoms with Gasteiger partial charge in [0.15, 0.2) is 0 Å². The molecule has 1 saturated heterocycles. The second-order valence-corrected chi connectivity index (χ2v) is 11.1. The Labute approximate surface area is 163 Å². The van der Waals surface area contributed by atoms with Crippen molar-refractivity contribution in [3.8, 4) is 0 Å². The molecular weight excluding hydrogens is 394 g/mol. The lowest BCUT2D eigenvalue weighted by atomic mass is 9.48. The van der Waals surface area contributed by atoms with E-state index in [1.54, 1.807) is 6.20 Å². The molecule has 3 atom stereocenters. The van der Waals surface area contributed by atoms with Crippen LogP contribution in [-0.4, -0.2) is 32.7 Å². The van der Waals surface area contributed by atoms with Crippen molar-refractivity contribution in [3.63, 3.8) is 0 Å². The fourth-order valence-electron chi connectivity index (χ4n) is 6.61. The normalized spacial score (nSPS) is 40.9. The molecule has 2 heterocycles. The first-order valence-corrected chi connectivity index (χ1v) is 10.9. The van der Waals surface area contributed by atoms with Gasteiger partial charge in [-0.05, 0) is 68.6 Å². The standard InChI is InChI=1S/C20H28BrN3O2/c21-20-7-14-4-15(8-20)6-19(5-14,13-20)9-18(25)23-16-10-22-24(11-16)12-17-2-1-3-26-17/h10-11,14-15,17H,1-9,12-13H2,(H,23,25). The highest BCUT2D eigenvalue weighted by atomic mass is 79.9. The van der Waals surface area contributed by atoms with Crippen LogP contribution in [0.5, 0.6) is 0 Å². The molecule has 26 heavy (non-hydrogen) atoms. The number of carbonyl (C=O) groups is 1. The van der Waals surface area contributed by atoms with Crippen LogP contribution in [0.2, 0.25) is 0 Å². The Hall–Kier alpha value is -0.880. The molecular formula is C20H28BrN3O2. The van der Waals surface area contributed by atoms with Crippen molar-refractivity contribution >= 4 is 27.5 Å². The zero-order chi connectivity index (χ0) is 17.8. The predicted molar refractivity (Wildman–Crippen MR) is 103 cm³/mol. The molecule has 4 saturated carbocycles. The topological polar surface area (TPSA) is 56.2 Å². The van der Waals surface area contributed by atoms with Gasteiger partial charge in [-0.3, -0.25) is 9.48 Å². The molecule has 4 aliphatic carbocycles. The van der Waals surface area contributed by atoms with Crippen LogP contribution in [0.25, 0.3) is 0 Å². The SMILES string of the molecule is O=C(CC12CC3CC(CC(Br)(C3)C1)C2)Nc1cnn(CC2CCCO2)c1. The average Bonchev–Trinajstić information content (AvgIpc) is 3.16. The monoisotopic (exact) mass is 421 g/mol. The molecule has 5 fully saturated rings. The summed E-state index contributed by atoms with van der Waals surface area (Å²) < 4.78 is 7.86. The third-order valence-corrected chi connectivity index (χ3v) is 7.91.